The predicted octanol–water partition coefficient (Wildman–Crippen LogP) is 0.959. The fourth-order valence-electron chi connectivity index (χ4n) is 1.43. The number of aryl methyl sites for hydroxylation is 1. The van der Waals surface area contributed by atoms with Crippen molar-refractivity contribution in [2.45, 2.75) is 18.4 Å². The Labute approximate surface area is 126 Å². The van der Waals surface area contributed by atoms with Crippen molar-refractivity contribution in [3.8, 4) is 0 Å². The van der Waals surface area contributed by atoms with E-state index in [4.69, 9.17) is 18.0 Å². The third kappa shape index (κ3) is 3.57. The lowest BCUT2D eigenvalue weighted by Crippen LogP contribution is -2.24. The number of aromatic nitrogens is 2. The lowest BCUT2D eigenvalue weighted by molar-refractivity contribution is 0.580. The Morgan fingerprint density at radius 3 is 2.75 bits per heavy atom. The minimum Gasteiger partial charge on any atom is -0.388 e. The average Bonchev–Trinajstić information content (AvgIpc) is 2.82. The lowest BCUT2D eigenvalue weighted by Gasteiger charge is -2.05. The van der Waals surface area contributed by atoms with Crippen molar-refractivity contribution in [2.75, 3.05) is 0 Å². The van der Waals surface area contributed by atoms with Gasteiger partial charge in [0.1, 0.15) is 9.88 Å². The van der Waals surface area contributed by atoms with E-state index in [0.717, 1.165) is 5.01 Å². The summed E-state index contributed by atoms with van der Waals surface area (Å²) in [6.07, 6.45) is 1.23. The van der Waals surface area contributed by atoms with Crippen molar-refractivity contribution in [3.05, 3.63) is 40.1 Å². The van der Waals surface area contributed by atoms with Crippen molar-refractivity contribution in [1.29, 1.82) is 0 Å². The number of nitrogens with two attached hydrogens (primary N) is 1. The molecule has 0 atom stereocenters. The van der Waals surface area contributed by atoms with Gasteiger partial charge in [-0.2, -0.15) is 0 Å². The summed E-state index contributed by atoms with van der Waals surface area (Å²) in [4.78, 5) is 8.28. The number of hydrogen-bond acceptors (Lipinski definition) is 6. The summed E-state index contributed by atoms with van der Waals surface area (Å²) < 4.78 is 26.6. The van der Waals surface area contributed by atoms with Crippen molar-refractivity contribution in [1.82, 2.24) is 14.7 Å². The van der Waals surface area contributed by atoms with Gasteiger partial charge in [0.25, 0.3) is 0 Å². The quantitative estimate of drug-likeness (QED) is 0.793. The van der Waals surface area contributed by atoms with Gasteiger partial charge in [-0.1, -0.05) is 12.2 Å². The molecule has 9 heteroatoms. The van der Waals surface area contributed by atoms with E-state index < -0.39 is 10.0 Å². The second-order valence-electron chi connectivity index (χ2n) is 3.93. The minimum atomic E-state index is -3.62. The third-order valence-electron chi connectivity index (χ3n) is 2.41. The third-order valence-corrected chi connectivity index (χ3v) is 4.83. The summed E-state index contributed by atoms with van der Waals surface area (Å²) >= 11 is 6.23. The van der Waals surface area contributed by atoms with Gasteiger partial charge in [-0.05, 0) is 19.1 Å². The van der Waals surface area contributed by atoms with Crippen molar-refractivity contribution >= 4 is 38.6 Å². The van der Waals surface area contributed by atoms with Crippen LogP contribution in [0.3, 0.4) is 0 Å². The van der Waals surface area contributed by atoms with Gasteiger partial charge in [0.05, 0.1) is 22.9 Å². The normalized spacial score (nSPS) is 11.4. The number of thiocarbonyl (C=S) groups is 1. The lowest BCUT2D eigenvalue weighted by atomic mass is 10.3. The number of nitrogens with one attached hydrogen (secondary N) is 1. The van der Waals surface area contributed by atoms with Crippen LogP contribution in [0.1, 0.15) is 16.4 Å². The monoisotopic (exact) mass is 328 g/mol. The smallest absolute Gasteiger partial charge is 0.242 e. The SMILES string of the molecule is Cc1nc(CNS(=O)(=O)c2ccc(C(N)=S)nc2)cs1. The van der Waals surface area contributed by atoms with E-state index in [9.17, 15) is 8.42 Å². The molecule has 0 aliphatic rings. The Morgan fingerprint density at radius 1 is 1.50 bits per heavy atom. The summed E-state index contributed by atoms with van der Waals surface area (Å²) in [5.41, 5.74) is 6.47. The summed E-state index contributed by atoms with van der Waals surface area (Å²) in [7, 11) is -3.62. The zero-order valence-electron chi connectivity index (χ0n) is 10.5. The van der Waals surface area contributed by atoms with E-state index in [1.54, 1.807) is 0 Å². The highest BCUT2D eigenvalue weighted by Crippen LogP contribution is 2.11. The van der Waals surface area contributed by atoms with Gasteiger partial charge in [0.15, 0.2) is 0 Å². The van der Waals surface area contributed by atoms with Crippen LogP contribution in [0, 0.1) is 6.92 Å². The van der Waals surface area contributed by atoms with Gasteiger partial charge in [0.2, 0.25) is 10.0 Å². The predicted molar refractivity (Wildman–Crippen MR) is 81.0 cm³/mol. The van der Waals surface area contributed by atoms with Gasteiger partial charge in [-0.25, -0.2) is 18.1 Å². The van der Waals surface area contributed by atoms with E-state index in [2.05, 4.69) is 14.7 Å². The minimum absolute atomic E-state index is 0.0597. The molecule has 0 aliphatic heterocycles. The standard InChI is InChI=1S/C11H12N4O2S3/c1-7-15-8(6-19-7)4-14-20(16,17)9-2-3-10(11(12)18)13-5-9/h2-3,5-6,14H,4H2,1H3,(H2,12,18). The van der Waals surface area contributed by atoms with Crippen LogP contribution in [0.25, 0.3) is 0 Å². The van der Waals surface area contributed by atoms with E-state index in [1.807, 2.05) is 12.3 Å². The molecular formula is C11H12N4O2S3. The van der Waals surface area contributed by atoms with Crippen LogP contribution in [0.15, 0.2) is 28.6 Å². The molecule has 2 aromatic rings. The summed E-state index contributed by atoms with van der Waals surface area (Å²) in [5, 5.41) is 2.70. The fraction of sp³-hybridized carbons (Fsp3) is 0.182. The first-order valence-electron chi connectivity index (χ1n) is 5.55. The molecule has 0 spiro atoms. The molecule has 2 heterocycles. The molecule has 0 bridgehead atoms. The van der Waals surface area contributed by atoms with Crippen LogP contribution in [-0.2, 0) is 16.6 Å². The molecule has 0 amide bonds. The first-order valence-corrected chi connectivity index (χ1v) is 8.32. The summed E-state index contributed by atoms with van der Waals surface area (Å²) in [6.45, 7) is 2.00. The highest BCUT2D eigenvalue weighted by molar-refractivity contribution is 7.89. The molecule has 0 unspecified atom stereocenters. The van der Waals surface area contributed by atoms with Gasteiger partial charge >= 0.3 is 0 Å². The first kappa shape index (κ1) is 15.0. The summed E-state index contributed by atoms with van der Waals surface area (Å²) in [5.74, 6) is 0. The number of sulfonamides is 1. The first-order chi connectivity index (χ1) is 9.38. The molecule has 0 fully saturated rings. The van der Waals surface area contributed by atoms with Crippen LogP contribution in [0.5, 0.6) is 0 Å². The maximum Gasteiger partial charge on any atom is 0.242 e. The topological polar surface area (TPSA) is 98.0 Å². The number of pyridine rings is 1. The molecule has 2 rings (SSSR count). The molecule has 0 aliphatic carbocycles. The maximum absolute atomic E-state index is 12.1. The van der Waals surface area contributed by atoms with Crippen LogP contribution in [0.4, 0.5) is 0 Å². The Morgan fingerprint density at radius 2 is 2.25 bits per heavy atom. The molecule has 6 nitrogen and oxygen atoms in total. The van der Waals surface area contributed by atoms with E-state index in [1.165, 1.54) is 29.7 Å². The van der Waals surface area contributed by atoms with Crippen molar-refractivity contribution < 1.29 is 8.42 Å². The van der Waals surface area contributed by atoms with Crippen LogP contribution in [-0.4, -0.2) is 23.4 Å². The van der Waals surface area contributed by atoms with Crippen molar-refractivity contribution in [3.63, 3.8) is 0 Å². The highest BCUT2D eigenvalue weighted by Gasteiger charge is 2.15. The van der Waals surface area contributed by atoms with E-state index in [-0.39, 0.29) is 16.4 Å². The second kappa shape index (κ2) is 5.92. The van der Waals surface area contributed by atoms with Crippen LogP contribution < -0.4 is 10.5 Å². The number of hydrogen-bond donors (Lipinski definition) is 2. The largest absolute Gasteiger partial charge is 0.388 e. The zero-order chi connectivity index (χ0) is 14.8. The van der Waals surface area contributed by atoms with Gasteiger partial charge in [0, 0.05) is 11.6 Å². The molecule has 2 aromatic heterocycles. The van der Waals surface area contributed by atoms with E-state index >= 15 is 0 Å². The van der Waals surface area contributed by atoms with Gasteiger partial charge in [-0.3, -0.25) is 4.98 Å². The van der Waals surface area contributed by atoms with Crippen molar-refractivity contribution in [2.24, 2.45) is 5.73 Å². The average molecular weight is 328 g/mol. The molecular weight excluding hydrogens is 316 g/mol. The summed E-state index contributed by atoms with van der Waals surface area (Å²) in [6, 6.07) is 2.89. The van der Waals surface area contributed by atoms with Gasteiger partial charge < -0.3 is 5.73 Å². The van der Waals surface area contributed by atoms with E-state index in [0.29, 0.717) is 11.4 Å². The Balaban J connectivity index is 2.11. The molecule has 20 heavy (non-hydrogen) atoms. The van der Waals surface area contributed by atoms with Crippen LogP contribution in [0.2, 0.25) is 0 Å². The molecule has 3 N–H and O–H groups in total. The number of rotatable bonds is 5. The Kier molecular flexibility index (Phi) is 4.43. The Hall–Kier alpha value is -1.42. The van der Waals surface area contributed by atoms with Gasteiger partial charge in [-0.15, -0.1) is 11.3 Å². The zero-order valence-corrected chi connectivity index (χ0v) is 13.0. The Bertz CT molecular complexity index is 722. The number of nitrogens with zero attached hydrogens (tertiary/aromatic N) is 2. The molecule has 0 radical (unpaired) electrons. The molecule has 106 valence electrons. The maximum atomic E-state index is 12.1. The fourth-order valence-corrected chi connectivity index (χ4v) is 3.10. The number of thiazole rings is 1. The molecule has 0 aromatic carbocycles. The highest BCUT2D eigenvalue weighted by atomic mass is 32.2. The molecule has 0 saturated heterocycles. The molecule has 0 saturated carbocycles. The second-order valence-corrected chi connectivity index (χ2v) is 7.19. The van der Waals surface area contributed by atoms with Crippen LogP contribution >= 0.6 is 23.6 Å².